The molecule has 20 nitrogen and oxygen atoms in total. The first-order valence-corrected chi connectivity index (χ1v) is 15.5. The molecule has 55 heavy (non-hydrogen) atoms. The number of hydrogen-bond acceptors (Lipinski definition) is 10. The van der Waals surface area contributed by atoms with Crippen LogP contribution in [0.5, 0.6) is 0 Å². The van der Waals surface area contributed by atoms with E-state index in [1.54, 1.807) is 38.1 Å². The number of amidine groups is 2. The van der Waals surface area contributed by atoms with Crippen LogP contribution in [0.1, 0.15) is 91.6 Å². The zero-order valence-corrected chi connectivity index (χ0v) is 33.8. The molecule has 0 aliphatic heterocycles. The number of halogens is 4. The maximum absolute atomic E-state index is 12.1. The lowest BCUT2D eigenvalue weighted by Crippen LogP contribution is -2.29. The fraction of sp³-hybridized carbons (Fsp3) is 0.290. The van der Waals surface area contributed by atoms with E-state index in [1.165, 1.54) is 19.9 Å². The number of ketones is 2. The normalized spacial score (nSPS) is 11.1. The molecule has 0 aromatic heterocycles. The highest BCUT2D eigenvalue weighted by atomic mass is 35.5. The van der Waals surface area contributed by atoms with Crippen LogP contribution in [0.4, 0.5) is 11.4 Å². The number of benzene rings is 2. The van der Waals surface area contributed by atoms with Gasteiger partial charge in [0, 0.05) is 46.5 Å². The summed E-state index contributed by atoms with van der Waals surface area (Å²) in [5, 5.41) is 53.0. The second kappa shape index (κ2) is 27.0. The van der Waals surface area contributed by atoms with Crippen LogP contribution < -0.4 is 55.3 Å². The molecule has 0 spiro atoms. The van der Waals surface area contributed by atoms with Gasteiger partial charge in [0.1, 0.15) is 11.7 Å². The van der Waals surface area contributed by atoms with E-state index in [-0.39, 0.29) is 85.0 Å². The Morgan fingerprint density at radius 3 is 1.09 bits per heavy atom. The Hall–Kier alpha value is -5.70. The topological polar surface area (TPSA) is 355 Å². The fourth-order valence-corrected chi connectivity index (χ4v) is 4.28. The predicted molar refractivity (Wildman–Crippen MR) is 232 cm³/mol. The van der Waals surface area contributed by atoms with Gasteiger partial charge < -0.3 is 33.6 Å². The van der Waals surface area contributed by atoms with Crippen molar-refractivity contribution in [3.8, 4) is 0 Å². The minimum atomic E-state index is -0.360. The molecule has 2 aromatic carbocycles. The SMILES string of the molecule is CC(=O)c1cc(NC(CCCCCC(=NNC(=N)N)Nc2cc(C(C)=NNC(=N)N)cc(C(C)=NNC(=N)N)c2)=NNC(=N)N)cc(C(C)=O)c1.Cl.Cl.Cl.Cl. The van der Waals surface area contributed by atoms with Crippen LogP contribution in [-0.2, 0) is 0 Å². The Balaban J connectivity index is -0.00000676. The number of carbonyl (C=O) groups excluding carboxylic acids is 2. The first-order chi connectivity index (χ1) is 24.0. The maximum Gasteiger partial charge on any atom is 0.206 e. The summed E-state index contributed by atoms with van der Waals surface area (Å²) in [6, 6.07) is 10.2. The largest absolute Gasteiger partial charge is 0.369 e. The van der Waals surface area contributed by atoms with Crippen molar-refractivity contribution >= 4 is 120 Å². The number of nitrogens with two attached hydrogens (primary N) is 4. The lowest BCUT2D eigenvalue weighted by molar-refractivity contribution is 0.101. The third-order valence-electron chi connectivity index (χ3n) is 6.73. The monoisotopic (exact) mass is 846 g/mol. The summed E-state index contributed by atoms with van der Waals surface area (Å²) < 4.78 is 0. The number of rotatable bonds is 16. The van der Waals surface area contributed by atoms with Crippen molar-refractivity contribution in [3.05, 3.63) is 58.7 Å². The van der Waals surface area contributed by atoms with Crippen LogP contribution in [0.15, 0.2) is 56.8 Å². The molecule has 24 heteroatoms. The average Bonchev–Trinajstić information content (AvgIpc) is 3.06. The molecule has 304 valence electrons. The molecule has 0 saturated heterocycles. The minimum Gasteiger partial charge on any atom is -0.369 e. The highest BCUT2D eigenvalue weighted by Crippen LogP contribution is 2.20. The van der Waals surface area contributed by atoms with Gasteiger partial charge in [-0.15, -0.1) is 49.6 Å². The van der Waals surface area contributed by atoms with Crippen molar-refractivity contribution < 1.29 is 9.59 Å². The second-order valence-electron chi connectivity index (χ2n) is 11.1. The summed E-state index contributed by atoms with van der Waals surface area (Å²) in [5.41, 5.74) is 35.6. The quantitative estimate of drug-likeness (QED) is 0.0381. The Morgan fingerprint density at radius 1 is 0.491 bits per heavy atom. The van der Waals surface area contributed by atoms with Crippen molar-refractivity contribution in [2.24, 2.45) is 43.3 Å². The van der Waals surface area contributed by atoms with E-state index in [0.717, 1.165) is 0 Å². The number of Topliss-reactive ketones (excluding diaryl/α,β-unsaturated/α-hetero) is 2. The molecule has 0 heterocycles. The minimum absolute atomic E-state index is 0. The molecular weight excluding hydrogens is 798 g/mol. The van der Waals surface area contributed by atoms with E-state index in [0.29, 0.717) is 88.8 Å². The van der Waals surface area contributed by atoms with E-state index in [1.807, 2.05) is 6.07 Å². The Labute approximate surface area is 343 Å². The number of nitrogens with one attached hydrogen (secondary N) is 10. The van der Waals surface area contributed by atoms with E-state index in [2.05, 4.69) is 52.7 Å². The summed E-state index contributed by atoms with van der Waals surface area (Å²) >= 11 is 0. The van der Waals surface area contributed by atoms with Gasteiger partial charge in [0.2, 0.25) is 23.8 Å². The molecule has 2 aromatic rings. The molecule has 0 aliphatic rings. The molecule has 2 rings (SSSR count). The number of hydrazone groups is 4. The number of unbranched alkanes of at least 4 members (excludes halogenated alkanes) is 2. The van der Waals surface area contributed by atoms with Gasteiger partial charge in [-0.3, -0.25) is 31.2 Å². The maximum atomic E-state index is 12.1. The first kappa shape index (κ1) is 53.7. The molecule has 0 aliphatic carbocycles. The predicted octanol–water partition coefficient (Wildman–Crippen LogP) is 3.26. The van der Waals surface area contributed by atoms with Crippen LogP contribution >= 0.6 is 49.6 Å². The molecule has 0 fully saturated rings. The Kier molecular flexibility index (Phi) is 26.3. The number of anilines is 2. The number of carbonyl (C=O) groups is 2. The van der Waals surface area contributed by atoms with Crippen molar-refractivity contribution in [1.29, 1.82) is 21.6 Å². The summed E-state index contributed by atoms with van der Waals surface area (Å²) in [6.07, 6.45) is 2.85. The summed E-state index contributed by atoms with van der Waals surface area (Å²) in [4.78, 5) is 24.1. The number of nitrogens with zero attached hydrogens (tertiary/aromatic N) is 4. The van der Waals surface area contributed by atoms with E-state index < -0.39 is 0 Å². The molecule has 0 atom stereocenters. The lowest BCUT2D eigenvalue weighted by Gasteiger charge is -2.15. The highest BCUT2D eigenvalue weighted by molar-refractivity contribution is 6.07. The first-order valence-electron chi connectivity index (χ1n) is 15.5. The van der Waals surface area contributed by atoms with Gasteiger partial charge in [0.25, 0.3) is 0 Å². The van der Waals surface area contributed by atoms with E-state index in [4.69, 9.17) is 44.6 Å². The van der Waals surface area contributed by atoms with Gasteiger partial charge in [-0.2, -0.15) is 20.4 Å². The standard InChI is InChI=1S/C31H46N18O2.4ClH/c1-16(42-46-28(32)33)20-10-21(17(2)43-47-29(34)35)13-24(12-20)40-26(44-48-30(36)37)8-6-5-7-9-27(45-49-31(38)39)41-25-14-22(18(3)50)11-23(15-25)19(4)51;;;;/h10-15H,5-9H2,1-4H3,(H,40,44)(H,41,45)(H4,32,33,46)(H4,34,35,47)(H4,36,37,48)(H4,38,39,49);4*1H. The second-order valence-corrected chi connectivity index (χ2v) is 11.1. The van der Waals surface area contributed by atoms with E-state index in [9.17, 15) is 9.59 Å². The van der Waals surface area contributed by atoms with Crippen LogP contribution in [0, 0.1) is 21.6 Å². The van der Waals surface area contributed by atoms with Gasteiger partial charge >= 0.3 is 0 Å². The van der Waals surface area contributed by atoms with Crippen LogP contribution in [0.2, 0.25) is 0 Å². The summed E-state index contributed by atoms with van der Waals surface area (Å²) in [6.45, 7) is 6.28. The molecule has 0 amide bonds. The molecule has 0 bridgehead atoms. The van der Waals surface area contributed by atoms with Crippen molar-refractivity contribution in [3.63, 3.8) is 0 Å². The van der Waals surface area contributed by atoms with Gasteiger partial charge in [-0.05, 0) is 76.9 Å². The Morgan fingerprint density at radius 2 is 0.782 bits per heavy atom. The lowest BCUT2D eigenvalue weighted by atomic mass is 10.0. The van der Waals surface area contributed by atoms with Gasteiger partial charge in [0.05, 0.1) is 11.4 Å². The summed E-state index contributed by atoms with van der Waals surface area (Å²) in [5.74, 6) is -0.871. The molecular formula is C31H50Cl4N18O2. The smallest absolute Gasteiger partial charge is 0.206 e. The van der Waals surface area contributed by atoms with E-state index >= 15 is 0 Å². The van der Waals surface area contributed by atoms with Crippen LogP contribution in [-0.4, -0.2) is 58.5 Å². The van der Waals surface area contributed by atoms with Crippen molar-refractivity contribution in [1.82, 2.24) is 21.7 Å². The van der Waals surface area contributed by atoms with Gasteiger partial charge in [0.15, 0.2) is 11.6 Å². The zero-order valence-electron chi connectivity index (χ0n) is 30.5. The molecule has 0 unspecified atom stereocenters. The number of hydrogen-bond donors (Lipinski definition) is 14. The third kappa shape index (κ3) is 21.0. The van der Waals surface area contributed by atoms with Crippen LogP contribution in [0.25, 0.3) is 0 Å². The van der Waals surface area contributed by atoms with Crippen molar-refractivity contribution in [2.75, 3.05) is 10.6 Å². The van der Waals surface area contributed by atoms with Gasteiger partial charge in [-0.1, -0.05) is 6.42 Å². The fourth-order valence-electron chi connectivity index (χ4n) is 4.28. The molecule has 18 N–H and O–H groups in total. The van der Waals surface area contributed by atoms with Gasteiger partial charge in [-0.25, -0.2) is 21.7 Å². The van der Waals surface area contributed by atoms with Crippen molar-refractivity contribution in [2.45, 2.75) is 59.8 Å². The Bertz CT molecular complexity index is 1710. The molecule has 0 saturated carbocycles. The number of guanidine groups is 4. The third-order valence-corrected chi connectivity index (χ3v) is 6.73. The van der Waals surface area contributed by atoms with Crippen LogP contribution in [0.3, 0.4) is 0 Å². The molecule has 0 radical (unpaired) electrons. The highest BCUT2D eigenvalue weighted by Gasteiger charge is 2.12. The average molecular weight is 849 g/mol. The summed E-state index contributed by atoms with van der Waals surface area (Å²) in [7, 11) is 0. The zero-order chi connectivity index (χ0) is 38.1.